The third kappa shape index (κ3) is 3.81. The van der Waals surface area contributed by atoms with Gasteiger partial charge in [-0.15, -0.1) is 0 Å². The normalized spacial score (nSPS) is 10.3. The Hall–Kier alpha value is -1.19. The van der Waals surface area contributed by atoms with Crippen molar-refractivity contribution in [1.29, 1.82) is 0 Å². The Kier molecular flexibility index (Phi) is 4.46. The van der Waals surface area contributed by atoms with E-state index in [1.54, 1.807) is 18.2 Å². The van der Waals surface area contributed by atoms with E-state index in [1.165, 1.54) is 19.4 Å². The van der Waals surface area contributed by atoms with Gasteiger partial charge in [-0.05, 0) is 18.2 Å². The number of carbonyl (C=O) groups is 1. The first-order valence-electron chi connectivity index (χ1n) is 4.09. The van der Waals surface area contributed by atoms with Crippen LogP contribution in [0.5, 0.6) is 0 Å². The van der Waals surface area contributed by atoms with Crippen LogP contribution in [-0.2, 0) is 9.53 Å². The molecule has 15 heavy (non-hydrogen) atoms. The quantitative estimate of drug-likeness (QED) is 0.657. The van der Waals surface area contributed by atoms with Crippen LogP contribution in [-0.4, -0.2) is 13.1 Å². The molecule has 0 unspecified atom stereocenters. The number of rotatable bonds is 3. The van der Waals surface area contributed by atoms with E-state index in [0.29, 0.717) is 15.7 Å². The van der Waals surface area contributed by atoms with E-state index in [0.717, 1.165) is 0 Å². The average Bonchev–Trinajstić information content (AvgIpc) is 2.21. The minimum Gasteiger partial charge on any atom is -0.466 e. The lowest BCUT2D eigenvalue weighted by atomic mass is 10.3. The molecule has 3 nitrogen and oxygen atoms in total. The molecule has 1 N–H and O–H groups in total. The monoisotopic (exact) mass is 245 g/mol. The fraction of sp³-hybridized carbons (Fsp3) is 0.100. The number of anilines is 1. The maximum absolute atomic E-state index is 10.7. The predicted molar refractivity (Wildman–Crippen MR) is 61.2 cm³/mol. The number of carbonyl (C=O) groups excluding carboxylic acids is 1. The van der Waals surface area contributed by atoms with Crippen LogP contribution in [0.4, 0.5) is 5.69 Å². The molecule has 0 aliphatic rings. The van der Waals surface area contributed by atoms with E-state index in [9.17, 15) is 4.79 Å². The van der Waals surface area contributed by atoms with Gasteiger partial charge in [0.2, 0.25) is 0 Å². The Morgan fingerprint density at radius 2 is 2.20 bits per heavy atom. The second-order valence-corrected chi connectivity index (χ2v) is 3.47. The highest BCUT2D eigenvalue weighted by atomic mass is 35.5. The molecule has 0 spiro atoms. The molecule has 0 aromatic heterocycles. The largest absolute Gasteiger partial charge is 0.466 e. The summed E-state index contributed by atoms with van der Waals surface area (Å²) >= 11 is 11.6. The lowest BCUT2D eigenvalue weighted by Gasteiger charge is -2.03. The Balaban J connectivity index is 2.65. The Labute approximate surface area is 97.6 Å². The molecule has 80 valence electrons. The molecule has 0 fully saturated rings. The molecule has 1 aromatic rings. The number of nitrogens with one attached hydrogen (secondary N) is 1. The topological polar surface area (TPSA) is 38.3 Å². The fourth-order valence-corrected chi connectivity index (χ4v) is 1.34. The van der Waals surface area contributed by atoms with Crippen LogP contribution < -0.4 is 5.32 Å². The molecular formula is C10H9Cl2NO2. The molecule has 5 heteroatoms. The Morgan fingerprint density at radius 3 is 2.80 bits per heavy atom. The van der Waals surface area contributed by atoms with Crippen molar-refractivity contribution in [2.24, 2.45) is 0 Å². The number of hydrogen-bond donors (Lipinski definition) is 1. The summed E-state index contributed by atoms with van der Waals surface area (Å²) in [5.74, 6) is -0.437. The van der Waals surface area contributed by atoms with E-state index in [-0.39, 0.29) is 0 Å². The second-order valence-electron chi connectivity index (χ2n) is 2.62. The summed E-state index contributed by atoms with van der Waals surface area (Å²) in [4.78, 5) is 10.7. The zero-order valence-corrected chi connectivity index (χ0v) is 9.47. The zero-order valence-electron chi connectivity index (χ0n) is 7.96. The van der Waals surface area contributed by atoms with E-state index >= 15 is 0 Å². The smallest absolute Gasteiger partial charge is 0.331 e. The van der Waals surface area contributed by atoms with Crippen LogP contribution in [0.3, 0.4) is 0 Å². The van der Waals surface area contributed by atoms with Crippen LogP contribution >= 0.6 is 23.2 Å². The molecular weight excluding hydrogens is 237 g/mol. The first kappa shape index (κ1) is 11.9. The molecule has 0 aliphatic heterocycles. The molecule has 1 rings (SSSR count). The van der Waals surface area contributed by atoms with Gasteiger partial charge >= 0.3 is 5.97 Å². The summed E-state index contributed by atoms with van der Waals surface area (Å²) in [6.45, 7) is 0. The van der Waals surface area contributed by atoms with Gasteiger partial charge in [-0.1, -0.05) is 23.2 Å². The van der Waals surface area contributed by atoms with E-state index in [2.05, 4.69) is 10.1 Å². The van der Waals surface area contributed by atoms with E-state index < -0.39 is 5.97 Å². The third-order valence-electron chi connectivity index (χ3n) is 1.59. The number of methoxy groups -OCH3 is 1. The second kappa shape index (κ2) is 5.63. The highest BCUT2D eigenvalue weighted by molar-refractivity contribution is 6.36. The maximum Gasteiger partial charge on any atom is 0.331 e. The highest BCUT2D eigenvalue weighted by Crippen LogP contribution is 2.25. The van der Waals surface area contributed by atoms with Gasteiger partial charge in [-0.25, -0.2) is 4.79 Å². The molecule has 0 bridgehead atoms. The predicted octanol–water partition coefficient (Wildman–Crippen LogP) is 3.09. The lowest BCUT2D eigenvalue weighted by molar-refractivity contribution is -0.134. The Morgan fingerprint density at radius 1 is 1.47 bits per heavy atom. The summed E-state index contributed by atoms with van der Waals surface area (Å²) in [5.41, 5.74) is 0.668. The number of esters is 1. The van der Waals surface area contributed by atoms with Gasteiger partial charge in [0.15, 0.2) is 0 Å². The van der Waals surface area contributed by atoms with Gasteiger partial charge in [-0.3, -0.25) is 0 Å². The average molecular weight is 246 g/mol. The van der Waals surface area contributed by atoms with Crippen molar-refractivity contribution >= 4 is 34.9 Å². The van der Waals surface area contributed by atoms with Crippen LogP contribution in [0.2, 0.25) is 10.0 Å². The lowest BCUT2D eigenvalue weighted by Crippen LogP contribution is -1.96. The molecule has 0 saturated carbocycles. The van der Waals surface area contributed by atoms with Crippen molar-refractivity contribution < 1.29 is 9.53 Å². The summed E-state index contributed by atoms with van der Waals surface area (Å²) < 4.78 is 4.42. The minimum atomic E-state index is -0.437. The van der Waals surface area contributed by atoms with Gasteiger partial charge in [-0.2, -0.15) is 0 Å². The number of hydrogen-bond acceptors (Lipinski definition) is 3. The van der Waals surface area contributed by atoms with Gasteiger partial charge < -0.3 is 10.1 Å². The van der Waals surface area contributed by atoms with E-state index in [1.807, 2.05) is 0 Å². The van der Waals surface area contributed by atoms with Gasteiger partial charge in [0.1, 0.15) is 0 Å². The van der Waals surface area contributed by atoms with Crippen molar-refractivity contribution in [3.05, 3.63) is 40.5 Å². The van der Waals surface area contributed by atoms with Crippen LogP contribution in [0, 0.1) is 0 Å². The molecule has 0 heterocycles. The summed E-state index contributed by atoms with van der Waals surface area (Å²) in [6, 6.07) is 5.02. The summed E-state index contributed by atoms with van der Waals surface area (Å²) in [6.07, 6.45) is 2.70. The van der Waals surface area contributed by atoms with Crippen molar-refractivity contribution in [1.82, 2.24) is 0 Å². The van der Waals surface area contributed by atoms with Crippen molar-refractivity contribution in [2.75, 3.05) is 12.4 Å². The number of benzene rings is 1. The first-order chi connectivity index (χ1) is 7.13. The molecule has 0 atom stereocenters. The van der Waals surface area contributed by atoms with Crippen molar-refractivity contribution in [2.45, 2.75) is 0 Å². The standard InChI is InChI=1S/C10H9Cl2NO2/c1-15-10(14)4-5-13-9-3-2-7(11)6-8(9)12/h2-6,13H,1H3/b5-4-. The zero-order chi connectivity index (χ0) is 11.3. The van der Waals surface area contributed by atoms with Crippen LogP contribution in [0.25, 0.3) is 0 Å². The van der Waals surface area contributed by atoms with Crippen LogP contribution in [0.15, 0.2) is 30.5 Å². The maximum atomic E-state index is 10.7. The molecule has 1 aromatic carbocycles. The highest BCUT2D eigenvalue weighted by Gasteiger charge is 1.98. The van der Waals surface area contributed by atoms with E-state index in [4.69, 9.17) is 23.2 Å². The number of ether oxygens (including phenoxy) is 1. The first-order valence-corrected chi connectivity index (χ1v) is 4.85. The third-order valence-corrected chi connectivity index (χ3v) is 2.14. The summed E-state index contributed by atoms with van der Waals surface area (Å²) in [5, 5.41) is 3.87. The van der Waals surface area contributed by atoms with Gasteiger partial charge in [0, 0.05) is 17.3 Å². The van der Waals surface area contributed by atoms with Gasteiger partial charge in [0.05, 0.1) is 17.8 Å². The van der Waals surface area contributed by atoms with Crippen molar-refractivity contribution in [3.8, 4) is 0 Å². The van der Waals surface area contributed by atoms with Gasteiger partial charge in [0.25, 0.3) is 0 Å². The Bertz CT molecular complexity index is 391. The van der Waals surface area contributed by atoms with Crippen molar-refractivity contribution in [3.63, 3.8) is 0 Å². The molecule has 0 saturated heterocycles. The van der Waals surface area contributed by atoms with Crippen LogP contribution in [0.1, 0.15) is 0 Å². The fourth-order valence-electron chi connectivity index (χ4n) is 0.874. The molecule has 0 amide bonds. The SMILES string of the molecule is COC(=O)/C=C\Nc1ccc(Cl)cc1Cl. The summed E-state index contributed by atoms with van der Waals surface area (Å²) in [7, 11) is 1.31. The minimum absolute atomic E-state index is 0.437. The molecule has 0 radical (unpaired) electrons. The molecule has 0 aliphatic carbocycles. The number of halogens is 2.